The number of benzene rings is 1. The summed E-state index contributed by atoms with van der Waals surface area (Å²) in [7, 11) is 0. The van der Waals surface area contributed by atoms with Crippen LogP contribution in [-0.4, -0.2) is 55.0 Å². The summed E-state index contributed by atoms with van der Waals surface area (Å²) >= 11 is 6.03. The second kappa shape index (κ2) is 8.17. The van der Waals surface area contributed by atoms with Crippen LogP contribution < -0.4 is 4.74 Å². The van der Waals surface area contributed by atoms with E-state index in [9.17, 15) is 9.18 Å². The van der Waals surface area contributed by atoms with Gasteiger partial charge in [-0.25, -0.2) is 13.9 Å². The molecule has 9 heteroatoms. The van der Waals surface area contributed by atoms with Gasteiger partial charge in [-0.2, -0.15) is 5.10 Å². The summed E-state index contributed by atoms with van der Waals surface area (Å²) in [5.74, 6) is 0.648. The molecule has 5 heterocycles. The van der Waals surface area contributed by atoms with Crippen molar-refractivity contribution in [3.63, 3.8) is 0 Å². The number of rotatable bonds is 5. The normalized spacial score (nSPS) is 25.9. The number of hydrogen-bond acceptors (Lipinski definition) is 5. The average Bonchev–Trinajstić information content (AvgIpc) is 3.39. The molecule has 1 aliphatic carbocycles. The van der Waals surface area contributed by atoms with Crippen molar-refractivity contribution in [2.45, 2.75) is 69.8 Å². The maximum Gasteiger partial charge on any atom is 0.258 e. The van der Waals surface area contributed by atoms with Crippen LogP contribution in [0.1, 0.15) is 60.1 Å². The molecule has 1 aromatic carbocycles. The van der Waals surface area contributed by atoms with Gasteiger partial charge in [-0.3, -0.25) is 9.69 Å². The second-order valence-corrected chi connectivity index (χ2v) is 10.9. The Bertz CT molecular complexity index is 1310. The Morgan fingerprint density at radius 2 is 1.94 bits per heavy atom. The Hall–Kier alpha value is -2.71. The molecule has 2 unspecified atom stereocenters. The number of nitrogens with zero attached hydrogens (tertiary/aromatic N) is 5. The number of halogens is 2. The first-order chi connectivity index (χ1) is 17.0. The van der Waals surface area contributed by atoms with Crippen molar-refractivity contribution < 1.29 is 13.9 Å². The lowest BCUT2D eigenvalue weighted by Crippen LogP contribution is -2.47. The number of hydrogen-bond donors (Lipinski definition) is 0. The molecule has 35 heavy (non-hydrogen) atoms. The zero-order valence-electron chi connectivity index (χ0n) is 19.4. The quantitative estimate of drug-likeness (QED) is 0.523. The van der Waals surface area contributed by atoms with Gasteiger partial charge in [-0.15, -0.1) is 0 Å². The standard InChI is InChI=1S/C26H27ClFN5O2/c27-16-10-29-25-22-13-31(14-23(22)30-33(25)12-16)26(34)21-6-3-17(28)7-24(21)35-20-8-18-4-5-19(9-20)32(18)11-15-1-2-15/h3,6-7,10,12,15,18-20H,1-2,4-5,8-9,11,13-14H2. The van der Waals surface area contributed by atoms with E-state index >= 15 is 0 Å². The van der Waals surface area contributed by atoms with E-state index in [1.165, 1.54) is 44.4 Å². The maximum absolute atomic E-state index is 14.2. The Balaban J connectivity index is 1.09. The largest absolute Gasteiger partial charge is 0.489 e. The van der Waals surface area contributed by atoms with Crippen LogP contribution in [0.4, 0.5) is 4.39 Å². The molecule has 2 bridgehead atoms. The lowest BCUT2D eigenvalue weighted by atomic mass is 9.99. The highest BCUT2D eigenvalue weighted by atomic mass is 35.5. The van der Waals surface area contributed by atoms with Crippen LogP contribution in [0.2, 0.25) is 5.02 Å². The minimum absolute atomic E-state index is 0.00485. The lowest BCUT2D eigenvalue weighted by molar-refractivity contribution is 0.0452. The summed E-state index contributed by atoms with van der Waals surface area (Å²) in [6.45, 7) is 1.98. The minimum Gasteiger partial charge on any atom is -0.489 e. The summed E-state index contributed by atoms with van der Waals surface area (Å²) in [6.07, 6.45) is 10.3. The molecule has 1 amide bonds. The van der Waals surface area contributed by atoms with Gasteiger partial charge in [0, 0.05) is 36.5 Å². The van der Waals surface area contributed by atoms with E-state index < -0.39 is 5.82 Å². The van der Waals surface area contributed by atoms with E-state index in [1.807, 2.05) is 0 Å². The number of amides is 1. The predicted octanol–water partition coefficient (Wildman–Crippen LogP) is 4.46. The fourth-order valence-electron chi connectivity index (χ4n) is 6.20. The van der Waals surface area contributed by atoms with Gasteiger partial charge in [-0.05, 0) is 56.6 Å². The van der Waals surface area contributed by atoms with Crippen LogP contribution in [0, 0.1) is 11.7 Å². The van der Waals surface area contributed by atoms with Gasteiger partial charge in [0.1, 0.15) is 17.7 Å². The first-order valence-electron chi connectivity index (χ1n) is 12.5. The van der Waals surface area contributed by atoms with Crippen LogP contribution in [0.3, 0.4) is 0 Å². The third kappa shape index (κ3) is 3.87. The number of ether oxygens (including phenoxy) is 1. The van der Waals surface area contributed by atoms with E-state index in [1.54, 1.807) is 27.9 Å². The van der Waals surface area contributed by atoms with Crippen LogP contribution in [0.15, 0.2) is 30.6 Å². The zero-order valence-corrected chi connectivity index (χ0v) is 20.1. The fraction of sp³-hybridized carbons (Fsp3) is 0.500. The van der Waals surface area contributed by atoms with Crippen molar-refractivity contribution in [3.8, 4) is 5.75 Å². The third-order valence-corrected chi connectivity index (χ3v) is 8.27. The third-order valence-electron chi connectivity index (χ3n) is 8.07. The molecule has 4 aliphatic rings. The number of carbonyl (C=O) groups is 1. The van der Waals surface area contributed by atoms with E-state index in [2.05, 4.69) is 15.0 Å². The van der Waals surface area contributed by atoms with Gasteiger partial charge in [0.05, 0.1) is 35.6 Å². The fourth-order valence-corrected chi connectivity index (χ4v) is 6.34. The molecular formula is C26H27ClFN5O2. The number of piperidine rings is 1. The van der Waals surface area contributed by atoms with Crippen molar-refractivity contribution in [3.05, 3.63) is 58.3 Å². The molecule has 3 aliphatic heterocycles. The van der Waals surface area contributed by atoms with Gasteiger partial charge in [0.2, 0.25) is 0 Å². The Kier molecular flexibility index (Phi) is 5.03. The van der Waals surface area contributed by atoms with Crippen molar-refractivity contribution >= 4 is 23.2 Å². The molecule has 3 aromatic rings. The predicted molar refractivity (Wildman–Crippen MR) is 128 cm³/mol. The van der Waals surface area contributed by atoms with Crippen molar-refractivity contribution in [2.24, 2.45) is 5.92 Å². The Labute approximate surface area is 207 Å². The van der Waals surface area contributed by atoms with Crippen molar-refractivity contribution in [1.29, 1.82) is 0 Å². The average molecular weight is 496 g/mol. The first kappa shape index (κ1) is 21.6. The summed E-state index contributed by atoms with van der Waals surface area (Å²) in [5.41, 5.74) is 2.82. The molecule has 182 valence electrons. The Morgan fingerprint density at radius 3 is 2.71 bits per heavy atom. The van der Waals surface area contributed by atoms with Crippen LogP contribution in [-0.2, 0) is 13.1 Å². The van der Waals surface area contributed by atoms with E-state index in [-0.39, 0.29) is 12.0 Å². The van der Waals surface area contributed by atoms with Gasteiger partial charge in [0.25, 0.3) is 5.91 Å². The van der Waals surface area contributed by atoms with Gasteiger partial charge < -0.3 is 9.64 Å². The van der Waals surface area contributed by atoms with E-state index in [4.69, 9.17) is 16.3 Å². The number of aromatic nitrogens is 3. The molecule has 2 aromatic heterocycles. The molecule has 2 saturated heterocycles. The van der Waals surface area contributed by atoms with E-state index in [0.717, 1.165) is 30.0 Å². The van der Waals surface area contributed by atoms with E-state index in [0.29, 0.717) is 47.2 Å². The summed E-state index contributed by atoms with van der Waals surface area (Å²) in [5, 5.41) is 5.05. The Morgan fingerprint density at radius 1 is 1.14 bits per heavy atom. The second-order valence-electron chi connectivity index (χ2n) is 10.5. The molecule has 0 spiro atoms. The smallest absolute Gasteiger partial charge is 0.258 e. The number of carbonyl (C=O) groups excluding carboxylic acids is 1. The molecular weight excluding hydrogens is 469 g/mol. The number of fused-ring (bicyclic) bond motifs is 5. The molecule has 7 nitrogen and oxygen atoms in total. The first-order valence-corrected chi connectivity index (χ1v) is 12.9. The molecule has 1 saturated carbocycles. The molecule has 7 rings (SSSR count). The molecule has 2 atom stereocenters. The highest BCUT2D eigenvalue weighted by Gasteiger charge is 2.43. The van der Waals surface area contributed by atoms with Crippen LogP contribution in [0.5, 0.6) is 5.75 Å². The lowest BCUT2D eigenvalue weighted by Gasteiger charge is -2.39. The van der Waals surface area contributed by atoms with Crippen molar-refractivity contribution in [1.82, 2.24) is 24.4 Å². The van der Waals surface area contributed by atoms with Gasteiger partial charge in [-0.1, -0.05) is 11.6 Å². The zero-order chi connectivity index (χ0) is 23.7. The maximum atomic E-state index is 14.2. The topological polar surface area (TPSA) is 63.0 Å². The molecule has 0 N–H and O–H groups in total. The summed E-state index contributed by atoms with van der Waals surface area (Å²) in [4.78, 5) is 22.3. The summed E-state index contributed by atoms with van der Waals surface area (Å²) in [6, 6.07) is 5.32. The molecule has 0 radical (unpaired) electrons. The van der Waals surface area contributed by atoms with Crippen LogP contribution >= 0.6 is 11.6 Å². The SMILES string of the molecule is O=C(c1ccc(F)cc1OC1CC2CCC(C1)N2CC1CC1)N1Cc2nn3cc(Cl)cnc3c2C1. The highest BCUT2D eigenvalue weighted by molar-refractivity contribution is 6.30. The monoisotopic (exact) mass is 495 g/mol. The van der Waals surface area contributed by atoms with Crippen molar-refractivity contribution in [2.75, 3.05) is 6.54 Å². The minimum atomic E-state index is -0.394. The van der Waals surface area contributed by atoms with Gasteiger partial charge >= 0.3 is 0 Å². The van der Waals surface area contributed by atoms with Gasteiger partial charge in [0.15, 0.2) is 5.65 Å². The molecule has 3 fully saturated rings. The highest BCUT2D eigenvalue weighted by Crippen LogP contribution is 2.41. The van der Waals surface area contributed by atoms with Crippen LogP contribution in [0.25, 0.3) is 5.65 Å². The summed E-state index contributed by atoms with van der Waals surface area (Å²) < 4.78 is 22.3.